The van der Waals surface area contributed by atoms with E-state index in [-0.39, 0.29) is 15.7 Å². The molecule has 6 nitrogen and oxygen atoms in total. The van der Waals surface area contributed by atoms with Crippen molar-refractivity contribution in [3.8, 4) is 0 Å². The van der Waals surface area contributed by atoms with Gasteiger partial charge in [-0.2, -0.15) is 5.10 Å². The molecular weight excluding hydrogens is 465 g/mol. The molecule has 0 bridgehead atoms. The number of anilines is 1. The van der Waals surface area contributed by atoms with E-state index in [1.54, 1.807) is 12.1 Å². The van der Waals surface area contributed by atoms with Gasteiger partial charge in [0.15, 0.2) is 0 Å². The van der Waals surface area contributed by atoms with Gasteiger partial charge in [-0.1, -0.05) is 63.4 Å². The van der Waals surface area contributed by atoms with E-state index in [0.29, 0.717) is 0 Å². The van der Waals surface area contributed by atoms with Gasteiger partial charge < -0.3 is 0 Å². The predicted molar refractivity (Wildman–Crippen MR) is 109 cm³/mol. The summed E-state index contributed by atoms with van der Waals surface area (Å²) in [6, 6.07) is 11.8. The van der Waals surface area contributed by atoms with Crippen molar-refractivity contribution in [1.82, 2.24) is 5.43 Å². The van der Waals surface area contributed by atoms with Gasteiger partial charge in [0.05, 0.1) is 28.2 Å². The van der Waals surface area contributed by atoms with Gasteiger partial charge in [0.1, 0.15) is 6.54 Å². The molecule has 0 unspecified atom stereocenters. The highest BCUT2D eigenvalue weighted by Crippen LogP contribution is 2.33. The second kappa shape index (κ2) is 8.85. The van der Waals surface area contributed by atoms with Gasteiger partial charge in [0.25, 0.3) is 5.91 Å². The number of sulfonamides is 1. The van der Waals surface area contributed by atoms with Crippen LogP contribution in [0.2, 0.25) is 10.0 Å². The minimum Gasteiger partial charge on any atom is -0.271 e. The molecule has 10 heteroatoms. The van der Waals surface area contributed by atoms with Crippen molar-refractivity contribution in [2.45, 2.75) is 0 Å². The van der Waals surface area contributed by atoms with Crippen molar-refractivity contribution in [1.29, 1.82) is 0 Å². The maximum atomic E-state index is 12.1. The summed E-state index contributed by atoms with van der Waals surface area (Å²) >= 11 is 15.4. The summed E-state index contributed by atoms with van der Waals surface area (Å²) in [5.41, 5.74) is 3.16. The smallest absolute Gasteiger partial charge is 0.260 e. The molecular formula is C16H14BrCl2N3O3S. The molecule has 1 N–H and O–H groups in total. The van der Waals surface area contributed by atoms with Crippen LogP contribution in [0.25, 0.3) is 0 Å². The second-order valence-corrected chi connectivity index (χ2v) is 8.70. The SMILES string of the molecule is CS(=O)(=O)N(CC(=O)N/N=C\c1ccccc1Br)c1cccc(Cl)c1Cl. The Morgan fingerprint density at radius 3 is 2.58 bits per heavy atom. The van der Waals surface area contributed by atoms with Crippen LogP contribution in [-0.2, 0) is 14.8 Å². The minimum atomic E-state index is -3.77. The number of carbonyl (C=O) groups is 1. The highest BCUT2D eigenvalue weighted by Gasteiger charge is 2.23. The number of rotatable bonds is 6. The first-order valence-corrected chi connectivity index (χ1v) is 10.6. The standard InChI is InChI=1S/C16H14BrCl2N3O3S/c1-26(24,25)22(14-8-4-7-13(18)16(14)19)10-15(23)21-20-9-11-5-2-3-6-12(11)17/h2-9H,10H2,1H3,(H,21,23)/b20-9-. The van der Waals surface area contributed by atoms with E-state index in [2.05, 4.69) is 26.5 Å². The van der Waals surface area contributed by atoms with E-state index in [0.717, 1.165) is 20.6 Å². The van der Waals surface area contributed by atoms with E-state index in [9.17, 15) is 13.2 Å². The molecule has 0 aromatic heterocycles. The van der Waals surface area contributed by atoms with Gasteiger partial charge in [0.2, 0.25) is 10.0 Å². The van der Waals surface area contributed by atoms with E-state index < -0.39 is 22.5 Å². The summed E-state index contributed by atoms with van der Waals surface area (Å²) in [7, 11) is -3.77. The zero-order valence-corrected chi connectivity index (χ0v) is 17.4. The molecule has 0 saturated heterocycles. The maximum Gasteiger partial charge on any atom is 0.260 e. The third kappa shape index (κ3) is 5.44. The first-order chi connectivity index (χ1) is 12.2. The lowest BCUT2D eigenvalue weighted by Crippen LogP contribution is -2.39. The molecule has 2 rings (SSSR count). The molecule has 0 atom stereocenters. The number of hydrogen-bond acceptors (Lipinski definition) is 4. The number of benzene rings is 2. The topological polar surface area (TPSA) is 78.8 Å². The fourth-order valence-corrected chi connectivity index (χ4v) is 3.68. The van der Waals surface area contributed by atoms with E-state index in [1.807, 2.05) is 18.2 Å². The summed E-state index contributed by atoms with van der Waals surface area (Å²) in [5, 5.41) is 4.07. The number of amides is 1. The van der Waals surface area contributed by atoms with Gasteiger partial charge in [0, 0.05) is 10.0 Å². The molecule has 0 radical (unpaired) electrons. The highest BCUT2D eigenvalue weighted by atomic mass is 79.9. The van der Waals surface area contributed by atoms with E-state index >= 15 is 0 Å². The fraction of sp³-hybridized carbons (Fsp3) is 0.125. The summed E-state index contributed by atoms with van der Waals surface area (Å²) in [4.78, 5) is 12.1. The van der Waals surface area contributed by atoms with Crippen molar-refractivity contribution in [2.24, 2.45) is 5.10 Å². The Kier molecular flexibility index (Phi) is 7.05. The van der Waals surface area contributed by atoms with Crippen LogP contribution in [0, 0.1) is 0 Å². The molecule has 0 aliphatic heterocycles. The lowest BCUT2D eigenvalue weighted by Gasteiger charge is -2.22. The summed E-state index contributed by atoms with van der Waals surface area (Å²) < 4.78 is 25.8. The Labute approximate surface area is 170 Å². The zero-order valence-electron chi connectivity index (χ0n) is 13.5. The van der Waals surface area contributed by atoms with Gasteiger partial charge in [-0.05, 0) is 18.2 Å². The van der Waals surface area contributed by atoms with E-state index in [4.69, 9.17) is 23.2 Å². The molecule has 0 saturated carbocycles. The molecule has 1 amide bonds. The number of nitrogens with zero attached hydrogens (tertiary/aromatic N) is 2. The summed E-state index contributed by atoms with van der Waals surface area (Å²) in [6.45, 7) is -0.494. The van der Waals surface area contributed by atoms with Gasteiger partial charge in [-0.3, -0.25) is 9.10 Å². The number of hydrogen-bond donors (Lipinski definition) is 1. The van der Waals surface area contributed by atoms with Gasteiger partial charge >= 0.3 is 0 Å². The Morgan fingerprint density at radius 1 is 1.23 bits per heavy atom. The van der Waals surface area contributed by atoms with Crippen LogP contribution in [0.5, 0.6) is 0 Å². The molecule has 2 aromatic rings. The van der Waals surface area contributed by atoms with Crippen LogP contribution in [0.1, 0.15) is 5.56 Å². The van der Waals surface area contributed by atoms with Crippen LogP contribution in [-0.4, -0.2) is 33.3 Å². The molecule has 0 heterocycles. The second-order valence-electron chi connectivity index (χ2n) is 5.16. The molecule has 26 heavy (non-hydrogen) atoms. The van der Waals surface area contributed by atoms with Crippen molar-refractivity contribution in [3.05, 3.63) is 62.5 Å². The minimum absolute atomic E-state index is 0.0455. The Morgan fingerprint density at radius 2 is 1.92 bits per heavy atom. The largest absolute Gasteiger partial charge is 0.271 e. The van der Waals surface area contributed by atoms with Gasteiger partial charge in [-0.15, -0.1) is 0 Å². The number of halogens is 3. The summed E-state index contributed by atoms with van der Waals surface area (Å²) in [5.74, 6) is -0.630. The lowest BCUT2D eigenvalue weighted by atomic mass is 10.2. The normalized spacial score (nSPS) is 11.5. The third-order valence-electron chi connectivity index (χ3n) is 3.19. The van der Waals surface area contributed by atoms with Gasteiger partial charge in [-0.25, -0.2) is 13.8 Å². The predicted octanol–water partition coefficient (Wildman–Crippen LogP) is 3.67. The number of carbonyl (C=O) groups excluding carboxylic acids is 1. The lowest BCUT2D eigenvalue weighted by molar-refractivity contribution is -0.119. The third-order valence-corrected chi connectivity index (χ3v) is 5.84. The Bertz CT molecular complexity index is 952. The molecule has 138 valence electrons. The zero-order chi connectivity index (χ0) is 19.3. The van der Waals surface area contributed by atoms with Crippen LogP contribution >= 0.6 is 39.1 Å². The Balaban J connectivity index is 2.15. The summed E-state index contributed by atoms with van der Waals surface area (Å²) in [6.07, 6.45) is 2.42. The molecule has 0 aliphatic carbocycles. The van der Waals surface area contributed by atoms with Crippen LogP contribution in [0.15, 0.2) is 52.0 Å². The van der Waals surface area contributed by atoms with Crippen molar-refractivity contribution >= 4 is 67.0 Å². The van der Waals surface area contributed by atoms with Crippen LogP contribution < -0.4 is 9.73 Å². The average Bonchev–Trinajstić information content (AvgIpc) is 2.56. The van der Waals surface area contributed by atoms with Crippen LogP contribution in [0.4, 0.5) is 5.69 Å². The maximum absolute atomic E-state index is 12.1. The monoisotopic (exact) mass is 477 g/mol. The molecule has 0 spiro atoms. The van der Waals surface area contributed by atoms with Crippen molar-refractivity contribution in [2.75, 3.05) is 17.1 Å². The van der Waals surface area contributed by atoms with Crippen molar-refractivity contribution in [3.63, 3.8) is 0 Å². The fourth-order valence-electron chi connectivity index (χ4n) is 1.99. The van der Waals surface area contributed by atoms with Crippen molar-refractivity contribution < 1.29 is 13.2 Å². The number of hydrazone groups is 1. The molecule has 0 fully saturated rings. The highest BCUT2D eigenvalue weighted by molar-refractivity contribution is 9.10. The van der Waals surface area contributed by atoms with Crippen LogP contribution in [0.3, 0.4) is 0 Å². The first-order valence-electron chi connectivity index (χ1n) is 7.18. The van der Waals surface area contributed by atoms with E-state index in [1.165, 1.54) is 18.3 Å². The first kappa shape index (κ1) is 20.7. The quantitative estimate of drug-likeness (QED) is 0.508. The average molecular weight is 479 g/mol. The number of nitrogens with one attached hydrogen (secondary N) is 1. The molecule has 0 aliphatic rings. The molecule has 2 aromatic carbocycles. The Hall–Kier alpha value is -1.61.